The van der Waals surface area contributed by atoms with Gasteiger partial charge in [-0.2, -0.15) is 0 Å². The third-order valence-electron chi connectivity index (χ3n) is 4.45. The van der Waals surface area contributed by atoms with Crippen LogP contribution in [0.2, 0.25) is 0 Å². The van der Waals surface area contributed by atoms with Crippen molar-refractivity contribution in [3.05, 3.63) is 54.1 Å². The lowest BCUT2D eigenvalue weighted by atomic mass is 10.1. The number of ether oxygens (including phenoxy) is 2. The maximum Gasteiger partial charge on any atom is 0.253 e. The fourth-order valence-corrected chi connectivity index (χ4v) is 3.14. The molecule has 1 heterocycles. The number of likely N-dealkylation sites (N-methyl/N-ethyl adjacent to an activating group) is 2. The molecule has 1 aliphatic heterocycles. The number of benzene rings is 2. The van der Waals surface area contributed by atoms with Gasteiger partial charge in [0.1, 0.15) is 17.6 Å². The van der Waals surface area contributed by atoms with Crippen LogP contribution >= 0.6 is 0 Å². The molecule has 0 saturated carbocycles. The molecule has 132 valence electrons. The van der Waals surface area contributed by atoms with Crippen LogP contribution in [0.1, 0.15) is 17.3 Å². The molecule has 2 aromatic carbocycles. The van der Waals surface area contributed by atoms with E-state index in [1.165, 1.54) is 0 Å². The Hall–Kier alpha value is -2.69. The number of hydrogen-bond acceptors (Lipinski definition) is 4. The number of anilines is 1. The summed E-state index contributed by atoms with van der Waals surface area (Å²) in [4.78, 5) is 16.7. The van der Waals surface area contributed by atoms with Crippen LogP contribution in [0.3, 0.4) is 0 Å². The molecular formula is C20H24N2O3. The van der Waals surface area contributed by atoms with Crippen molar-refractivity contribution in [3.8, 4) is 11.5 Å². The van der Waals surface area contributed by atoms with E-state index in [0.717, 1.165) is 24.5 Å². The van der Waals surface area contributed by atoms with Gasteiger partial charge in [0.15, 0.2) is 0 Å². The van der Waals surface area contributed by atoms with E-state index in [1.54, 1.807) is 24.1 Å². The number of methoxy groups -OCH3 is 1. The van der Waals surface area contributed by atoms with E-state index in [4.69, 9.17) is 9.47 Å². The summed E-state index contributed by atoms with van der Waals surface area (Å²) in [6.45, 7) is 4.33. The maximum absolute atomic E-state index is 12.7. The fourth-order valence-electron chi connectivity index (χ4n) is 3.14. The second kappa shape index (κ2) is 7.47. The lowest BCUT2D eigenvalue weighted by molar-refractivity contribution is 0.0709. The fraction of sp³-hybridized carbons (Fsp3) is 0.350. The van der Waals surface area contributed by atoms with E-state index in [-0.39, 0.29) is 12.0 Å². The van der Waals surface area contributed by atoms with Crippen molar-refractivity contribution in [2.24, 2.45) is 0 Å². The van der Waals surface area contributed by atoms with Gasteiger partial charge in [-0.25, -0.2) is 0 Å². The smallest absolute Gasteiger partial charge is 0.253 e. The van der Waals surface area contributed by atoms with Gasteiger partial charge in [0.05, 0.1) is 25.9 Å². The van der Waals surface area contributed by atoms with Crippen LogP contribution in [-0.2, 0) is 0 Å². The average Bonchev–Trinajstić information content (AvgIpc) is 2.66. The molecule has 0 fully saturated rings. The van der Waals surface area contributed by atoms with Gasteiger partial charge in [-0.3, -0.25) is 4.79 Å². The Kier molecular flexibility index (Phi) is 5.12. The van der Waals surface area contributed by atoms with Crippen LogP contribution in [0.4, 0.5) is 5.69 Å². The highest BCUT2D eigenvalue weighted by molar-refractivity contribution is 5.94. The van der Waals surface area contributed by atoms with Crippen LogP contribution in [0, 0.1) is 0 Å². The Bertz CT molecular complexity index is 747. The summed E-state index contributed by atoms with van der Waals surface area (Å²) in [5.41, 5.74) is 1.73. The molecule has 0 saturated heterocycles. The molecule has 0 N–H and O–H groups in total. The molecule has 3 rings (SSSR count). The first-order valence-electron chi connectivity index (χ1n) is 8.52. The molecular weight excluding hydrogens is 316 g/mol. The first-order chi connectivity index (χ1) is 12.1. The van der Waals surface area contributed by atoms with E-state index in [2.05, 4.69) is 17.9 Å². The van der Waals surface area contributed by atoms with Gasteiger partial charge in [0.2, 0.25) is 0 Å². The molecule has 0 bridgehead atoms. The van der Waals surface area contributed by atoms with E-state index in [1.807, 2.05) is 37.4 Å². The van der Waals surface area contributed by atoms with Crippen molar-refractivity contribution in [1.82, 2.24) is 4.90 Å². The number of rotatable bonds is 5. The monoisotopic (exact) mass is 340 g/mol. The Morgan fingerprint density at radius 2 is 2.08 bits per heavy atom. The summed E-state index contributed by atoms with van der Waals surface area (Å²) in [5.74, 6) is 1.52. The quantitative estimate of drug-likeness (QED) is 0.839. The largest absolute Gasteiger partial charge is 0.497 e. The number of nitrogens with zero attached hydrogens (tertiary/aromatic N) is 2. The van der Waals surface area contributed by atoms with Crippen molar-refractivity contribution in [2.45, 2.75) is 13.0 Å². The van der Waals surface area contributed by atoms with Crippen LogP contribution in [-0.4, -0.2) is 50.7 Å². The molecule has 0 spiro atoms. The molecule has 0 aliphatic carbocycles. The molecule has 1 atom stereocenters. The van der Waals surface area contributed by atoms with Gasteiger partial charge in [-0.15, -0.1) is 0 Å². The SMILES string of the molecule is CCN1CC(CN(C)C(=O)c2cccc(OC)c2)Oc2ccccc21. The van der Waals surface area contributed by atoms with Gasteiger partial charge in [-0.05, 0) is 37.3 Å². The summed E-state index contributed by atoms with van der Waals surface area (Å²) in [7, 11) is 3.40. The molecule has 25 heavy (non-hydrogen) atoms. The minimum absolute atomic E-state index is 0.0376. The van der Waals surface area contributed by atoms with Crippen molar-refractivity contribution >= 4 is 11.6 Å². The minimum Gasteiger partial charge on any atom is -0.497 e. The summed E-state index contributed by atoms with van der Waals surface area (Å²) in [5, 5.41) is 0. The summed E-state index contributed by atoms with van der Waals surface area (Å²) in [6.07, 6.45) is -0.0607. The zero-order valence-corrected chi connectivity index (χ0v) is 14.9. The third-order valence-corrected chi connectivity index (χ3v) is 4.45. The van der Waals surface area contributed by atoms with Crippen molar-refractivity contribution < 1.29 is 14.3 Å². The standard InChI is InChI=1S/C20H24N2O3/c1-4-22-14-17(25-19-11-6-5-10-18(19)22)13-21(2)20(23)15-8-7-9-16(12-15)24-3/h5-12,17H,4,13-14H2,1-3H3. The van der Waals surface area contributed by atoms with Crippen molar-refractivity contribution in [1.29, 1.82) is 0 Å². The Balaban J connectivity index is 1.70. The van der Waals surface area contributed by atoms with Crippen molar-refractivity contribution in [3.63, 3.8) is 0 Å². The zero-order valence-electron chi connectivity index (χ0n) is 14.9. The van der Waals surface area contributed by atoms with E-state index >= 15 is 0 Å². The highest BCUT2D eigenvalue weighted by Gasteiger charge is 2.27. The molecule has 1 aliphatic rings. The van der Waals surface area contributed by atoms with E-state index in [0.29, 0.717) is 17.9 Å². The first-order valence-corrected chi connectivity index (χ1v) is 8.52. The maximum atomic E-state index is 12.7. The Morgan fingerprint density at radius 1 is 1.28 bits per heavy atom. The average molecular weight is 340 g/mol. The molecule has 5 heteroatoms. The van der Waals surface area contributed by atoms with Crippen LogP contribution < -0.4 is 14.4 Å². The number of carbonyl (C=O) groups excluding carboxylic acids is 1. The van der Waals surface area contributed by atoms with Gasteiger partial charge in [0, 0.05) is 19.2 Å². The van der Waals surface area contributed by atoms with Crippen molar-refractivity contribution in [2.75, 3.05) is 38.7 Å². The number of fused-ring (bicyclic) bond motifs is 1. The molecule has 1 unspecified atom stereocenters. The predicted molar refractivity (Wildman–Crippen MR) is 98.7 cm³/mol. The molecule has 0 radical (unpaired) electrons. The second-order valence-electron chi connectivity index (χ2n) is 6.16. The molecule has 2 aromatic rings. The van der Waals surface area contributed by atoms with Crippen LogP contribution in [0.25, 0.3) is 0 Å². The van der Waals surface area contributed by atoms with E-state index in [9.17, 15) is 4.79 Å². The summed E-state index contributed by atoms with van der Waals surface area (Å²) < 4.78 is 11.3. The van der Waals surface area contributed by atoms with E-state index < -0.39 is 0 Å². The van der Waals surface area contributed by atoms with Gasteiger partial charge in [-0.1, -0.05) is 18.2 Å². The second-order valence-corrected chi connectivity index (χ2v) is 6.16. The van der Waals surface area contributed by atoms with Gasteiger partial charge >= 0.3 is 0 Å². The number of para-hydroxylation sites is 2. The number of amides is 1. The normalized spacial score (nSPS) is 16.0. The summed E-state index contributed by atoms with van der Waals surface area (Å²) in [6, 6.07) is 15.3. The molecule has 5 nitrogen and oxygen atoms in total. The summed E-state index contributed by atoms with van der Waals surface area (Å²) >= 11 is 0. The minimum atomic E-state index is -0.0607. The zero-order chi connectivity index (χ0) is 17.8. The Morgan fingerprint density at radius 3 is 2.84 bits per heavy atom. The predicted octanol–water partition coefficient (Wildman–Crippen LogP) is 3.05. The van der Waals surface area contributed by atoms with Gasteiger partial charge < -0.3 is 19.3 Å². The topological polar surface area (TPSA) is 42.0 Å². The van der Waals surface area contributed by atoms with Crippen LogP contribution in [0.15, 0.2) is 48.5 Å². The third kappa shape index (κ3) is 3.71. The Labute approximate surface area is 148 Å². The molecule has 1 amide bonds. The first kappa shape index (κ1) is 17.1. The van der Waals surface area contributed by atoms with Gasteiger partial charge in [0.25, 0.3) is 5.91 Å². The highest BCUT2D eigenvalue weighted by Crippen LogP contribution is 2.32. The highest BCUT2D eigenvalue weighted by atomic mass is 16.5. The number of hydrogen-bond donors (Lipinski definition) is 0. The van der Waals surface area contributed by atoms with Crippen LogP contribution in [0.5, 0.6) is 11.5 Å². The lowest BCUT2D eigenvalue weighted by Crippen LogP contribution is -2.46. The molecule has 0 aromatic heterocycles. The number of carbonyl (C=O) groups is 1. The lowest BCUT2D eigenvalue weighted by Gasteiger charge is -2.37.